The largest absolute Gasteiger partial charge is 0.360 e. The lowest BCUT2D eigenvalue weighted by molar-refractivity contribution is -0.119. The normalized spacial score (nSPS) is 11.5. The van der Waals surface area contributed by atoms with Crippen molar-refractivity contribution in [2.24, 2.45) is 0 Å². The Kier molecular flexibility index (Phi) is 5.49. The standard InChI is InChI=1S/C11H19N3O4S/c1-4-5-6-12-10(15)7-13-19(16,17)11-8(2)14-18-9(11)3/h13H,4-7H2,1-3H3,(H,12,15). The van der Waals surface area contributed by atoms with Gasteiger partial charge in [-0.15, -0.1) is 0 Å². The van der Waals surface area contributed by atoms with Crippen LogP contribution in [0.4, 0.5) is 0 Å². The molecule has 0 radical (unpaired) electrons. The number of hydrogen-bond acceptors (Lipinski definition) is 5. The van der Waals surface area contributed by atoms with Gasteiger partial charge < -0.3 is 9.84 Å². The Hall–Kier alpha value is -1.41. The number of sulfonamides is 1. The van der Waals surface area contributed by atoms with Crippen LogP contribution in [0, 0.1) is 13.8 Å². The number of nitrogens with zero attached hydrogens (tertiary/aromatic N) is 1. The average Bonchev–Trinajstić information content (AvgIpc) is 2.67. The number of rotatable bonds is 7. The van der Waals surface area contributed by atoms with Crippen molar-refractivity contribution in [1.29, 1.82) is 0 Å². The van der Waals surface area contributed by atoms with Crippen LogP contribution in [0.25, 0.3) is 0 Å². The molecule has 1 amide bonds. The van der Waals surface area contributed by atoms with E-state index in [0.717, 1.165) is 12.8 Å². The highest BCUT2D eigenvalue weighted by Crippen LogP contribution is 2.18. The number of aromatic nitrogens is 1. The molecule has 0 aliphatic heterocycles. The van der Waals surface area contributed by atoms with Crippen LogP contribution < -0.4 is 10.0 Å². The summed E-state index contributed by atoms with van der Waals surface area (Å²) in [5.41, 5.74) is 0.274. The molecule has 1 rings (SSSR count). The Morgan fingerprint density at radius 1 is 1.37 bits per heavy atom. The summed E-state index contributed by atoms with van der Waals surface area (Å²) in [6.45, 7) is 5.30. The second-order valence-electron chi connectivity index (χ2n) is 4.18. The summed E-state index contributed by atoms with van der Waals surface area (Å²) < 4.78 is 31.0. The number of hydrogen-bond donors (Lipinski definition) is 2. The van der Waals surface area contributed by atoms with Gasteiger partial charge in [0.1, 0.15) is 10.6 Å². The highest BCUT2D eigenvalue weighted by atomic mass is 32.2. The maximum atomic E-state index is 12.0. The minimum Gasteiger partial charge on any atom is -0.360 e. The highest BCUT2D eigenvalue weighted by molar-refractivity contribution is 7.89. The van der Waals surface area contributed by atoms with Crippen LogP contribution >= 0.6 is 0 Å². The molecule has 2 N–H and O–H groups in total. The number of aryl methyl sites for hydroxylation is 2. The molecule has 1 aromatic heterocycles. The van der Waals surface area contributed by atoms with Crippen molar-refractivity contribution in [1.82, 2.24) is 15.2 Å². The van der Waals surface area contributed by atoms with Crippen LogP contribution in [-0.4, -0.2) is 32.6 Å². The zero-order valence-corrected chi connectivity index (χ0v) is 12.1. The van der Waals surface area contributed by atoms with E-state index in [0.29, 0.717) is 6.54 Å². The fourth-order valence-electron chi connectivity index (χ4n) is 1.56. The lowest BCUT2D eigenvalue weighted by Crippen LogP contribution is -2.37. The van der Waals surface area contributed by atoms with Crippen LogP contribution in [0.3, 0.4) is 0 Å². The minimum atomic E-state index is -3.77. The van der Waals surface area contributed by atoms with Gasteiger partial charge in [0.15, 0.2) is 5.76 Å². The SMILES string of the molecule is CCCCNC(=O)CNS(=O)(=O)c1c(C)noc1C. The molecule has 0 saturated heterocycles. The number of amides is 1. The van der Waals surface area contributed by atoms with Gasteiger partial charge in [-0.05, 0) is 20.3 Å². The zero-order valence-electron chi connectivity index (χ0n) is 11.3. The van der Waals surface area contributed by atoms with E-state index in [1.54, 1.807) is 0 Å². The Morgan fingerprint density at radius 2 is 2.05 bits per heavy atom. The van der Waals surface area contributed by atoms with Gasteiger partial charge in [0, 0.05) is 6.54 Å². The van der Waals surface area contributed by atoms with Crippen molar-refractivity contribution >= 4 is 15.9 Å². The highest BCUT2D eigenvalue weighted by Gasteiger charge is 2.24. The third-order valence-electron chi connectivity index (χ3n) is 2.51. The molecule has 0 atom stereocenters. The smallest absolute Gasteiger partial charge is 0.246 e. The molecule has 0 bridgehead atoms. The second-order valence-corrected chi connectivity index (χ2v) is 5.89. The van der Waals surface area contributed by atoms with E-state index < -0.39 is 10.0 Å². The third kappa shape index (κ3) is 4.32. The molecule has 19 heavy (non-hydrogen) atoms. The van der Waals surface area contributed by atoms with Crippen LogP contribution in [-0.2, 0) is 14.8 Å². The summed E-state index contributed by atoms with van der Waals surface area (Å²) in [4.78, 5) is 11.4. The molecule has 8 heteroatoms. The van der Waals surface area contributed by atoms with Gasteiger partial charge in [-0.2, -0.15) is 0 Å². The summed E-state index contributed by atoms with van der Waals surface area (Å²) in [5.74, 6) is -0.153. The average molecular weight is 289 g/mol. The van der Waals surface area contributed by atoms with Gasteiger partial charge in [0.2, 0.25) is 15.9 Å². The third-order valence-corrected chi connectivity index (χ3v) is 4.16. The van der Waals surface area contributed by atoms with Gasteiger partial charge in [0.25, 0.3) is 0 Å². The Morgan fingerprint density at radius 3 is 2.58 bits per heavy atom. The lowest BCUT2D eigenvalue weighted by atomic mass is 10.3. The number of carbonyl (C=O) groups is 1. The first-order valence-corrected chi connectivity index (χ1v) is 7.56. The topological polar surface area (TPSA) is 101 Å². The van der Waals surface area contributed by atoms with E-state index >= 15 is 0 Å². The first-order valence-electron chi connectivity index (χ1n) is 6.07. The summed E-state index contributed by atoms with van der Waals surface area (Å²) in [6, 6.07) is 0. The predicted octanol–water partition coefficient (Wildman–Crippen LogP) is 0.486. The summed E-state index contributed by atoms with van der Waals surface area (Å²) in [5, 5.41) is 6.20. The summed E-state index contributed by atoms with van der Waals surface area (Å²) in [7, 11) is -3.77. The Bertz CT molecular complexity index is 517. The van der Waals surface area contributed by atoms with E-state index in [4.69, 9.17) is 4.52 Å². The molecule has 0 unspecified atom stereocenters. The van der Waals surface area contributed by atoms with E-state index in [1.807, 2.05) is 6.92 Å². The van der Waals surface area contributed by atoms with Gasteiger partial charge in [-0.1, -0.05) is 18.5 Å². The molecular formula is C11H19N3O4S. The molecule has 0 aromatic carbocycles. The van der Waals surface area contributed by atoms with Crippen molar-refractivity contribution < 1.29 is 17.7 Å². The monoisotopic (exact) mass is 289 g/mol. The molecule has 0 fully saturated rings. The molecule has 0 aliphatic carbocycles. The van der Waals surface area contributed by atoms with Gasteiger partial charge in [-0.25, -0.2) is 13.1 Å². The van der Waals surface area contributed by atoms with Gasteiger partial charge in [-0.3, -0.25) is 4.79 Å². The van der Waals surface area contributed by atoms with E-state index in [2.05, 4.69) is 15.2 Å². The number of nitrogens with one attached hydrogen (secondary N) is 2. The van der Waals surface area contributed by atoms with Crippen molar-refractivity contribution in [3.63, 3.8) is 0 Å². The lowest BCUT2D eigenvalue weighted by Gasteiger charge is -2.07. The number of unbranched alkanes of at least 4 members (excludes halogenated alkanes) is 1. The maximum Gasteiger partial charge on any atom is 0.246 e. The van der Waals surface area contributed by atoms with Crippen molar-refractivity contribution in [3.05, 3.63) is 11.5 Å². The molecule has 1 aromatic rings. The molecule has 0 saturated carbocycles. The molecule has 0 aliphatic rings. The van der Waals surface area contributed by atoms with Crippen LogP contribution in [0.2, 0.25) is 0 Å². The zero-order chi connectivity index (χ0) is 14.5. The van der Waals surface area contributed by atoms with E-state index in [9.17, 15) is 13.2 Å². The molecule has 7 nitrogen and oxygen atoms in total. The van der Waals surface area contributed by atoms with Crippen LogP contribution in [0.15, 0.2) is 9.42 Å². The fourth-order valence-corrected chi connectivity index (χ4v) is 2.87. The van der Waals surface area contributed by atoms with Crippen molar-refractivity contribution in [2.45, 2.75) is 38.5 Å². The van der Waals surface area contributed by atoms with Crippen molar-refractivity contribution in [3.8, 4) is 0 Å². The Labute approximate surface area is 112 Å². The quantitative estimate of drug-likeness (QED) is 0.711. The van der Waals surface area contributed by atoms with E-state index in [1.165, 1.54) is 13.8 Å². The number of carbonyl (C=O) groups excluding carboxylic acids is 1. The van der Waals surface area contributed by atoms with Gasteiger partial charge >= 0.3 is 0 Å². The minimum absolute atomic E-state index is 0.00569. The fraction of sp³-hybridized carbons (Fsp3) is 0.636. The summed E-state index contributed by atoms with van der Waals surface area (Å²) in [6.07, 6.45) is 1.83. The molecule has 0 spiro atoms. The van der Waals surface area contributed by atoms with Crippen molar-refractivity contribution in [2.75, 3.05) is 13.1 Å². The first-order chi connectivity index (χ1) is 8.88. The summed E-state index contributed by atoms with van der Waals surface area (Å²) >= 11 is 0. The van der Waals surface area contributed by atoms with Crippen LogP contribution in [0.1, 0.15) is 31.2 Å². The second kappa shape index (κ2) is 6.67. The van der Waals surface area contributed by atoms with Gasteiger partial charge in [0.05, 0.1) is 6.54 Å². The predicted molar refractivity (Wildman–Crippen MR) is 69.1 cm³/mol. The Balaban J connectivity index is 2.59. The first kappa shape index (κ1) is 15.6. The molecule has 1 heterocycles. The molecular weight excluding hydrogens is 270 g/mol. The van der Waals surface area contributed by atoms with E-state index in [-0.39, 0.29) is 28.8 Å². The maximum absolute atomic E-state index is 12.0. The molecule has 108 valence electrons. The van der Waals surface area contributed by atoms with Crippen LogP contribution in [0.5, 0.6) is 0 Å².